The summed E-state index contributed by atoms with van der Waals surface area (Å²) >= 11 is 0. The van der Waals surface area contributed by atoms with Crippen molar-refractivity contribution < 1.29 is 18.3 Å². The van der Waals surface area contributed by atoms with E-state index in [2.05, 4.69) is 5.32 Å². The van der Waals surface area contributed by atoms with Gasteiger partial charge in [0.15, 0.2) is 0 Å². The summed E-state index contributed by atoms with van der Waals surface area (Å²) in [6, 6.07) is -0.936. The normalized spacial score (nSPS) is 17.5. The van der Waals surface area contributed by atoms with E-state index in [4.69, 9.17) is 5.11 Å². The maximum atomic E-state index is 11.8. The minimum absolute atomic E-state index is 0.151. The molecule has 5 heteroatoms. The minimum atomic E-state index is -4.14. The second-order valence-electron chi connectivity index (χ2n) is 2.97. The van der Waals surface area contributed by atoms with Crippen LogP contribution in [0.1, 0.15) is 20.3 Å². The number of hydrogen-bond acceptors (Lipinski definition) is 2. The van der Waals surface area contributed by atoms with Crippen LogP contribution in [0, 0.1) is 0 Å². The fraction of sp³-hybridized carbons (Fsp3) is 1.00. The van der Waals surface area contributed by atoms with E-state index in [1.807, 2.05) is 0 Å². The van der Waals surface area contributed by atoms with Gasteiger partial charge in [-0.1, -0.05) is 0 Å². The maximum Gasteiger partial charge on any atom is 0.390 e. The molecule has 0 fully saturated rings. The van der Waals surface area contributed by atoms with Crippen LogP contribution in [-0.2, 0) is 0 Å². The van der Waals surface area contributed by atoms with E-state index in [0.717, 1.165) is 0 Å². The molecule has 12 heavy (non-hydrogen) atoms. The fourth-order valence-electron chi connectivity index (χ4n) is 0.945. The first-order chi connectivity index (χ1) is 5.35. The lowest BCUT2D eigenvalue weighted by Gasteiger charge is -2.19. The highest BCUT2D eigenvalue weighted by molar-refractivity contribution is 4.69. The second kappa shape index (κ2) is 4.67. The molecule has 2 N–H and O–H groups in total. The average molecular weight is 185 g/mol. The van der Waals surface area contributed by atoms with Gasteiger partial charge in [-0.15, -0.1) is 0 Å². The van der Waals surface area contributed by atoms with Crippen molar-refractivity contribution in [2.75, 3.05) is 6.61 Å². The summed E-state index contributed by atoms with van der Waals surface area (Å²) < 4.78 is 35.3. The molecule has 0 aromatic heterocycles. The summed E-state index contributed by atoms with van der Waals surface area (Å²) in [5.41, 5.74) is 0. The number of aliphatic hydroxyl groups is 1. The van der Waals surface area contributed by atoms with Gasteiger partial charge in [0.25, 0.3) is 0 Å². The summed E-state index contributed by atoms with van der Waals surface area (Å²) in [4.78, 5) is 0. The van der Waals surface area contributed by atoms with Gasteiger partial charge in [0.1, 0.15) is 0 Å². The summed E-state index contributed by atoms with van der Waals surface area (Å²) in [5.74, 6) is 0. The van der Waals surface area contributed by atoms with Crippen LogP contribution in [0.2, 0.25) is 0 Å². The van der Waals surface area contributed by atoms with Gasteiger partial charge in [-0.25, -0.2) is 0 Å². The summed E-state index contributed by atoms with van der Waals surface area (Å²) in [6.07, 6.45) is -5.00. The van der Waals surface area contributed by atoms with Crippen LogP contribution in [0.25, 0.3) is 0 Å². The van der Waals surface area contributed by atoms with E-state index >= 15 is 0 Å². The Balaban J connectivity index is 3.66. The number of rotatable bonds is 4. The first kappa shape index (κ1) is 11.7. The van der Waals surface area contributed by atoms with E-state index in [1.165, 1.54) is 6.92 Å². The van der Waals surface area contributed by atoms with Gasteiger partial charge in [-0.2, -0.15) is 13.2 Å². The minimum Gasteiger partial charge on any atom is -0.395 e. The fourth-order valence-corrected chi connectivity index (χ4v) is 0.945. The van der Waals surface area contributed by atoms with E-state index in [9.17, 15) is 13.2 Å². The molecule has 2 unspecified atom stereocenters. The molecule has 0 aliphatic heterocycles. The molecule has 0 aromatic carbocycles. The zero-order valence-corrected chi connectivity index (χ0v) is 7.15. The number of nitrogens with one attached hydrogen (secondary N) is 1. The molecule has 0 amide bonds. The first-order valence-electron chi connectivity index (χ1n) is 3.79. The third-order valence-electron chi connectivity index (χ3n) is 1.38. The Hall–Kier alpha value is -0.290. The van der Waals surface area contributed by atoms with Gasteiger partial charge in [-0.3, -0.25) is 0 Å². The third-order valence-corrected chi connectivity index (χ3v) is 1.38. The molecule has 0 radical (unpaired) electrons. The van der Waals surface area contributed by atoms with E-state index in [0.29, 0.717) is 0 Å². The van der Waals surface area contributed by atoms with Gasteiger partial charge in [0.05, 0.1) is 13.0 Å². The molecule has 0 saturated heterocycles. The monoisotopic (exact) mass is 185 g/mol. The molecule has 74 valence electrons. The van der Waals surface area contributed by atoms with Crippen molar-refractivity contribution in [2.45, 2.75) is 38.5 Å². The summed E-state index contributed by atoms with van der Waals surface area (Å²) in [5, 5.41) is 11.2. The van der Waals surface area contributed by atoms with Crippen LogP contribution in [0.4, 0.5) is 13.2 Å². The van der Waals surface area contributed by atoms with Crippen molar-refractivity contribution in [3.63, 3.8) is 0 Å². The molecule has 2 nitrogen and oxygen atoms in total. The number of hydrogen-bond donors (Lipinski definition) is 2. The van der Waals surface area contributed by atoms with E-state index in [1.54, 1.807) is 6.92 Å². The van der Waals surface area contributed by atoms with Crippen molar-refractivity contribution in [3.05, 3.63) is 0 Å². The number of aliphatic hydroxyl groups excluding tert-OH is 1. The molecule has 2 atom stereocenters. The number of halogens is 3. The van der Waals surface area contributed by atoms with Crippen LogP contribution >= 0.6 is 0 Å². The molecule has 0 bridgehead atoms. The molecule has 0 rings (SSSR count). The molecular formula is C7H14F3NO. The second-order valence-corrected chi connectivity index (χ2v) is 2.97. The zero-order valence-electron chi connectivity index (χ0n) is 7.15. The van der Waals surface area contributed by atoms with Gasteiger partial charge >= 0.3 is 6.18 Å². The molecule has 0 aliphatic rings. The Morgan fingerprint density at radius 2 is 1.75 bits per heavy atom. The number of alkyl halides is 3. The molecule has 0 aromatic rings. The lowest BCUT2D eigenvalue weighted by atomic mass is 10.2. The standard InChI is InChI=1S/C7H14F3NO/c1-5(3-7(8,9)10)11-6(2)4-12/h5-6,11-12H,3-4H2,1-2H3. The lowest BCUT2D eigenvalue weighted by Crippen LogP contribution is -2.39. The SMILES string of the molecule is CC(CO)NC(C)CC(F)(F)F. The highest BCUT2D eigenvalue weighted by atomic mass is 19.4. The predicted molar refractivity (Wildman–Crippen MR) is 39.8 cm³/mol. The Morgan fingerprint density at radius 1 is 1.25 bits per heavy atom. The van der Waals surface area contributed by atoms with Crippen molar-refractivity contribution in [1.29, 1.82) is 0 Å². The highest BCUT2D eigenvalue weighted by Crippen LogP contribution is 2.21. The topological polar surface area (TPSA) is 32.3 Å². The van der Waals surface area contributed by atoms with Crippen molar-refractivity contribution in [1.82, 2.24) is 5.32 Å². The van der Waals surface area contributed by atoms with Crippen molar-refractivity contribution in [2.24, 2.45) is 0 Å². The van der Waals surface area contributed by atoms with Gasteiger partial charge < -0.3 is 10.4 Å². The summed E-state index contributed by atoms with van der Waals surface area (Å²) in [6.45, 7) is 2.93. The largest absolute Gasteiger partial charge is 0.395 e. The highest BCUT2D eigenvalue weighted by Gasteiger charge is 2.30. The molecule has 0 spiro atoms. The van der Waals surface area contributed by atoms with Crippen LogP contribution in [-0.4, -0.2) is 30.0 Å². The zero-order chi connectivity index (χ0) is 9.78. The lowest BCUT2D eigenvalue weighted by molar-refractivity contribution is -0.139. The first-order valence-corrected chi connectivity index (χ1v) is 3.79. The molecule has 0 heterocycles. The Kier molecular flexibility index (Phi) is 4.55. The molecule has 0 aliphatic carbocycles. The van der Waals surface area contributed by atoms with Gasteiger partial charge in [0.2, 0.25) is 0 Å². The van der Waals surface area contributed by atoms with E-state index in [-0.39, 0.29) is 12.6 Å². The Labute approximate surface area is 69.8 Å². The van der Waals surface area contributed by atoms with Gasteiger partial charge in [-0.05, 0) is 13.8 Å². The summed E-state index contributed by atoms with van der Waals surface area (Å²) in [7, 11) is 0. The van der Waals surface area contributed by atoms with Gasteiger partial charge in [0, 0.05) is 12.1 Å². The maximum absolute atomic E-state index is 11.8. The average Bonchev–Trinajstić information content (AvgIpc) is 1.82. The van der Waals surface area contributed by atoms with Crippen molar-refractivity contribution in [3.8, 4) is 0 Å². The Bertz CT molecular complexity index is 126. The molecular weight excluding hydrogens is 171 g/mol. The molecule has 0 saturated carbocycles. The quantitative estimate of drug-likeness (QED) is 0.691. The van der Waals surface area contributed by atoms with Crippen LogP contribution in [0.5, 0.6) is 0 Å². The van der Waals surface area contributed by atoms with Crippen LogP contribution in [0.15, 0.2) is 0 Å². The van der Waals surface area contributed by atoms with E-state index < -0.39 is 18.6 Å². The smallest absolute Gasteiger partial charge is 0.390 e. The van der Waals surface area contributed by atoms with Crippen LogP contribution < -0.4 is 5.32 Å². The predicted octanol–water partition coefficient (Wildman–Crippen LogP) is 1.30. The Morgan fingerprint density at radius 3 is 2.08 bits per heavy atom. The van der Waals surface area contributed by atoms with Crippen LogP contribution in [0.3, 0.4) is 0 Å². The third kappa shape index (κ3) is 6.42. The van der Waals surface area contributed by atoms with Crippen molar-refractivity contribution >= 4 is 0 Å².